The molecule has 0 radical (unpaired) electrons. The Morgan fingerprint density at radius 3 is 2.57 bits per heavy atom. The van der Waals surface area contributed by atoms with Crippen molar-refractivity contribution in [3.63, 3.8) is 0 Å². The summed E-state index contributed by atoms with van der Waals surface area (Å²) in [6, 6.07) is 11.8. The number of amides is 3. The number of carbonyl (C=O) groups excluding carboxylic acids is 2. The molecule has 2 fully saturated rings. The number of carbonyl (C=O) groups is 2. The van der Waals surface area contributed by atoms with Crippen LogP contribution < -0.4 is 15.0 Å². The van der Waals surface area contributed by atoms with Crippen LogP contribution in [-0.4, -0.2) is 42.6 Å². The monoisotopic (exact) mass is 399 g/mol. The molecule has 6 nitrogen and oxygen atoms in total. The number of hydrogen-bond donors (Lipinski definition) is 1. The van der Waals surface area contributed by atoms with Crippen LogP contribution in [0.2, 0.25) is 0 Å². The molecule has 2 aliphatic rings. The van der Waals surface area contributed by atoms with Crippen molar-refractivity contribution in [2.24, 2.45) is 0 Å². The summed E-state index contributed by atoms with van der Waals surface area (Å²) in [7, 11) is 1.65. The van der Waals surface area contributed by atoms with Crippen LogP contribution in [0.15, 0.2) is 41.8 Å². The Balaban J connectivity index is 1.49. The van der Waals surface area contributed by atoms with Crippen molar-refractivity contribution in [1.82, 2.24) is 10.2 Å². The van der Waals surface area contributed by atoms with Crippen LogP contribution in [0.3, 0.4) is 0 Å². The minimum atomic E-state index is -0.643. The van der Waals surface area contributed by atoms with Gasteiger partial charge >= 0.3 is 6.03 Å². The van der Waals surface area contributed by atoms with Gasteiger partial charge in [-0.15, -0.1) is 11.3 Å². The van der Waals surface area contributed by atoms with Crippen LogP contribution in [0.5, 0.6) is 5.75 Å². The third-order valence-electron chi connectivity index (χ3n) is 5.66. The molecule has 7 heteroatoms. The highest BCUT2D eigenvalue weighted by atomic mass is 32.1. The van der Waals surface area contributed by atoms with Gasteiger partial charge in [0.1, 0.15) is 11.3 Å². The van der Waals surface area contributed by atoms with Crippen LogP contribution in [0.1, 0.15) is 30.6 Å². The molecule has 2 heterocycles. The molecule has 0 unspecified atom stereocenters. The number of imide groups is 1. The quantitative estimate of drug-likeness (QED) is 0.723. The van der Waals surface area contributed by atoms with E-state index in [2.05, 4.69) is 21.7 Å². The van der Waals surface area contributed by atoms with Gasteiger partial charge in [0.2, 0.25) is 0 Å². The number of urea groups is 1. The lowest BCUT2D eigenvalue weighted by Gasteiger charge is -2.27. The lowest BCUT2D eigenvalue weighted by molar-refractivity contribution is -0.131. The molecule has 148 valence electrons. The van der Waals surface area contributed by atoms with Gasteiger partial charge in [0, 0.05) is 23.7 Å². The number of thiophene rings is 1. The van der Waals surface area contributed by atoms with Gasteiger partial charge in [0.05, 0.1) is 13.7 Å². The molecule has 1 saturated carbocycles. The van der Waals surface area contributed by atoms with Crippen molar-refractivity contribution < 1.29 is 14.3 Å². The first-order chi connectivity index (χ1) is 13.6. The van der Waals surface area contributed by atoms with Gasteiger partial charge in [-0.1, -0.05) is 18.9 Å². The van der Waals surface area contributed by atoms with Crippen LogP contribution >= 0.6 is 11.3 Å². The summed E-state index contributed by atoms with van der Waals surface area (Å²) >= 11 is 1.70. The van der Waals surface area contributed by atoms with Gasteiger partial charge in [0.25, 0.3) is 5.91 Å². The van der Waals surface area contributed by atoms with E-state index < -0.39 is 5.54 Å². The Morgan fingerprint density at radius 2 is 1.93 bits per heavy atom. The fourth-order valence-electron chi connectivity index (χ4n) is 4.10. The molecule has 1 saturated heterocycles. The summed E-state index contributed by atoms with van der Waals surface area (Å²) in [4.78, 5) is 30.2. The minimum absolute atomic E-state index is 0.0548. The molecule has 3 amide bonds. The maximum absolute atomic E-state index is 12.9. The molecule has 4 rings (SSSR count). The molecule has 1 aromatic heterocycles. The third-order valence-corrected chi connectivity index (χ3v) is 6.52. The number of rotatable bonds is 7. The lowest BCUT2D eigenvalue weighted by Crippen LogP contribution is -2.44. The van der Waals surface area contributed by atoms with Crippen molar-refractivity contribution >= 4 is 29.0 Å². The van der Waals surface area contributed by atoms with Crippen LogP contribution in [0.4, 0.5) is 10.5 Å². The predicted octanol–water partition coefficient (Wildman–Crippen LogP) is 3.63. The summed E-state index contributed by atoms with van der Waals surface area (Å²) in [5, 5.41) is 5.02. The summed E-state index contributed by atoms with van der Waals surface area (Å²) in [6.45, 7) is 1.70. The average Bonchev–Trinajstić information content (AvgIpc) is 3.43. The predicted molar refractivity (Wildman–Crippen MR) is 110 cm³/mol. The molecule has 0 atom stereocenters. The van der Waals surface area contributed by atoms with E-state index in [0.29, 0.717) is 13.1 Å². The smallest absolute Gasteiger partial charge is 0.325 e. The lowest BCUT2D eigenvalue weighted by atomic mass is 9.98. The van der Waals surface area contributed by atoms with Gasteiger partial charge in [-0.2, -0.15) is 0 Å². The number of nitrogens with one attached hydrogen (secondary N) is 1. The van der Waals surface area contributed by atoms with Crippen LogP contribution in [0.25, 0.3) is 0 Å². The topological polar surface area (TPSA) is 61.9 Å². The number of benzene rings is 1. The second kappa shape index (κ2) is 7.83. The first-order valence-electron chi connectivity index (χ1n) is 9.67. The van der Waals surface area contributed by atoms with E-state index in [1.165, 1.54) is 9.78 Å². The highest BCUT2D eigenvalue weighted by Crippen LogP contribution is 2.35. The van der Waals surface area contributed by atoms with Gasteiger partial charge in [-0.25, -0.2) is 4.79 Å². The number of anilines is 1. The summed E-state index contributed by atoms with van der Waals surface area (Å²) < 4.78 is 5.26. The van der Waals surface area contributed by atoms with Gasteiger partial charge in [0.15, 0.2) is 0 Å². The zero-order valence-electron chi connectivity index (χ0n) is 16.0. The second-order valence-electron chi connectivity index (χ2n) is 7.38. The number of methoxy groups -OCH3 is 1. The fraction of sp³-hybridized carbons (Fsp3) is 0.429. The average molecular weight is 400 g/mol. The Kier molecular flexibility index (Phi) is 5.26. The Morgan fingerprint density at radius 1 is 1.18 bits per heavy atom. The zero-order chi connectivity index (χ0) is 19.6. The zero-order valence-corrected chi connectivity index (χ0v) is 16.8. The van der Waals surface area contributed by atoms with E-state index in [4.69, 9.17) is 4.74 Å². The van der Waals surface area contributed by atoms with Gasteiger partial charge < -0.3 is 15.0 Å². The largest absolute Gasteiger partial charge is 0.497 e. The van der Waals surface area contributed by atoms with E-state index in [1.807, 2.05) is 30.3 Å². The molecule has 1 aliphatic heterocycles. The molecule has 2 aromatic rings. The van der Waals surface area contributed by atoms with Crippen molar-refractivity contribution in [1.29, 1.82) is 0 Å². The SMILES string of the molecule is COc1ccc(N(CCN2C(=O)NC3(CCCC3)C2=O)Cc2cccs2)cc1. The van der Waals surface area contributed by atoms with Gasteiger partial charge in [-0.05, 0) is 48.6 Å². The van der Waals surface area contributed by atoms with E-state index >= 15 is 0 Å². The van der Waals surface area contributed by atoms with E-state index in [1.54, 1.807) is 18.4 Å². The Labute approximate surface area is 169 Å². The molecular formula is C21H25N3O3S. The minimum Gasteiger partial charge on any atom is -0.497 e. The number of ether oxygens (including phenoxy) is 1. The Bertz CT molecular complexity index is 829. The summed E-state index contributed by atoms with van der Waals surface area (Å²) in [5.41, 5.74) is 0.396. The van der Waals surface area contributed by atoms with E-state index in [9.17, 15) is 9.59 Å². The maximum Gasteiger partial charge on any atom is 0.325 e. The Hall–Kier alpha value is -2.54. The first-order valence-corrected chi connectivity index (χ1v) is 10.5. The normalized spacial score (nSPS) is 18.0. The van der Waals surface area contributed by atoms with E-state index in [-0.39, 0.29) is 11.9 Å². The molecule has 0 bridgehead atoms. The van der Waals surface area contributed by atoms with Crippen LogP contribution in [0, 0.1) is 0 Å². The number of hydrogen-bond acceptors (Lipinski definition) is 5. The van der Waals surface area contributed by atoms with Gasteiger partial charge in [-0.3, -0.25) is 9.69 Å². The molecule has 28 heavy (non-hydrogen) atoms. The standard InChI is InChI=1S/C21H25N3O3S/c1-27-17-8-6-16(7-9-17)23(15-18-5-4-14-28-18)12-13-24-19(25)21(22-20(24)26)10-2-3-11-21/h4-9,14H,2-3,10-13,15H2,1H3,(H,22,26). The van der Waals surface area contributed by atoms with E-state index in [0.717, 1.165) is 43.7 Å². The van der Waals surface area contributed by atoms with Crippen molar-refractivity contribution in [2.45, 2.75) is 37.8 Å². The molecule has 1 spiro atoms. The third kappa shape index (κ3) is 3.58. The molecular weight excluding hydrogens is 374 g/mol. The highest BCUT2D eigenvalue weighted by Gasteiger charge is 2.52. The summed E-state index contributed by atoms with van der Waals surface area (Å²) in [6.07, 6.45) is 3.50. The maximum atomic E-state index is 12.9. The van der Waals surface area contributed by atoms with Crippen molar-refractivity contribution in [3.8, 4) is 5.75 Å². The molecule has 1 aliphatic carbocycles. The molecule has 1 N–H and O–H groups in total. The van der Waals surface area contributed by atoms with Crippen molar-refractivity contribution in [2.75, 3.05) is 25.1 Å². The molecule has 1 aromatic carbocycles. The fourth-order valence-corrected chi connectivity index (χ4v) is 4.82. The summed E-state index contributed by atoms with van der Waals surface area (Å²) in [5.74, 6) is 0.748. The van der Waals surface area contributed by atoms with Crippen LogP contribution in [-0.2, 0) is 11.3 Å². The second-order valence-corrected chi connectivity index (χ2v) is 8.41. The van der Waals surface area contributed by atoms with Crippen molar-refractivity contribution in [3.05, 3.63) is 46.7 Å². The number of nitrogens with zero attached hydrogens (tertiary/aromatic N) is 2. The highest BCUT2D eigenvalue weighted by molar-refractivity contribution is 7.09. The first kappa shape index (κ1) is 18.8.